The Kier molecular flexibility index (Phi) is 4.95. The summed E-state index contributed by atoms with van der Waals surface area (Å²) in [6.07, 6.45) is -3.20. The van der Waals surface area contributed by atoms with Crippen molar-refractivity contribution >= 4 is 11.3 Å². The lowest BCUT2D eigenvalue weighted by Gasteiger charge is -2.05. The van der Waals surface area contributed by atoms with Crippen molar-refractivity contribution in [3.05, 3.63) is 34.4 Å². The van der Waals surface area contributed by atoms with Gasteiger partial charge in [0, 0.05) is 23.7 Å². The fourth-order valence-electron chi connectivity index (χ4n) is 1.71. The van der Waals surface area contributed by atoms with Gasteiger partial charge < -0.3 is 5.32 Å². The number of hydrogen-bond acceptors (Lipinski definition) is 4. The summed E-state index contributed by atoms with van der Waals surface area (Å²) in [4.78, 5) is 7.85. The van der Waals surface area contributed by atoms with Crippen LogP contribution in [0.1, 0.15) is 24.5 Å². The van der Waals surface area contributed by atoms with Gasteiger partial charge in [0.2, 0.25) is 0 Å². The Labute approximate surface area is 125 Å². The molecule has 0 saturated heterocycles. The smallest absolute Gasteiger partial charge is 0.310 e. The molecule has 114 valence electrons. The highest BCUT2D eigenvalue weighted by Gasteiger charge is 2.32. The molecule has 0 aromatic carbocycles. The van der Waals surface area contributed by atoms with Gasteiger partial charge >= 0.3 is 6.18 Å². The molecule has 0 bridgehead atoms. The fraction of sp³-hybridized carbons (Fsp3) is 0.429. The summed E-state index contributed by atoms with van der Waals surface area (Å²) in [6, 6.07) is 2.38. The minimum absolute atomic E-state index is 0.559. The van der Waals surface area contributed by atoms with E-state index in [-0.39, 0.29) is 0 Å². The van der Waals surface area contributed by atoms with Crippen LogP contribution >= 0.6 is 11.3 Å². The van der Waals surface area contributed by atoms with E-state index in [1.807, 2.05) is 5.38 Å². The summed E-state index contributed by atoms with van der Waals surface area (Å²) >= 11 is 1.48. The van der Waals surface area contributed by atoms with Gasteiger partial charge in [-0.25, -0.2) is 4.98 Å². The minimum Gasteiger partial charge on any atom is -0.310 e. The quantitative estimate of drug-likeness (QED) is 0.907. The van der Waals surface area contributed by atoms with E-state index in [4.69, 9.17) is 0 Å². The lowest BCUT2D eigenvalue weighted by molar-refractivity contribution is -0.141. The Morgan fingerprint density at radius 2 is 2.05 bits per heavy atom. The molecule has 0 aliphatic rings. The number of nitrogens with zero attached hydrogens (tertiary/aromatic N) is 2. The van der Waals surface area contributed by atoms with E-state index in [1.54, 1.807) is 0 Å². The average molecular weight is 315 g/mol. The Bertz CT molecular complexity index is 576. The molecule has 0 amide bonds. The van der Waals surface area contributed by atoms with Crippen molar-refractivity contribution in [3.8, 4) is 11.3 Å². The Morgan fingerprint density at radius 3 is 2.62 bits per heavy atom. The first kappa shape index (κ1) is 15.9. The molecular weight excluding hydrogens is 299 g/mol. The highest BCUT2D eigenvalue weighted by Crippen LogP contribution is 2.29. The van der Waals surface area contributed by atoms with Crippen molar-refractivity contribution in [2.24, 2.45) is 5.92 Å². The molecule has 0 aliphatic carbocycles. The third-order valence-electron chi connectivity index (χ3n) is 2.73. The fourth-order valence-corrected chi connectivity index (χ4v) is 2.48. The zero-order valence-electron chi connectivity index (χ0n) is 11.7. The molecule has 1 N–H and O–H groups in total. The van der Waals surface area contributed by atoms with Crippen molar-refractivity contribution in [1.29, 1.82) is 0 Å². The van der Waals surface area contributed by atoms with E-state index in [1.165, 1.54) is 23.6 Å². The lowest BCUT2D eigenvalue weighted by atomic mass is 10.2. The monoisotopic (exact) mass is 315 g/mol. The van der Waals surface area contributed by atoms with Crippen molar-refractivity contribution in [1.82, 2.24) is 15.3 Å². The number of halogens is 3. The maximum atomic E-state index is 12.4. The summed E-state index contributed by atoms with van der Waals surface area (Å²) in [6.45, 7) is 5.80. The van der Waals surface area contributed by atoms with E-state index in [0.717, 1.165) is 17.6 Å². The zero-order chi connectivity index (χ0) is 15.5. The average Bonchev–Trinajstić information content (AvgIpc) is 2.86. The number of pyridine rings is 1. The van der Waals surface area contributed by atoms with Gasteiger partial charge in [-0.05, 0) is 24.6 Å². The normalized spacial score (nSPS) is 12.1. The van der Waals surface area contributed by atoms with Crippen LogP contribution in [0.5, 0.6) is 0 Å². The van der Waals surface area contributed by atoms with Gasteiger partial charge in [-0.2, -0.15) is 13.2 Å². The second kappa shape index (κ2) is 6.53. The molecule has 2 heterocycles. The van der Waals surface area contributed by atoms with Crippen LogP contribution in [0, 0.1) is 5.92 Å². The molecule has 0 fully saturated rings. The van der Waals surface area contributed by atoms with E-state index >= 15 is 0 Å². The molecule has 7 heteroatoms. The second-order valence-electron chi connectivity index (χ2n) is 5.08. The Hall–Kier alpha value is -1.47. The first-order valence-electron chi connectivity index (χ1n) is 6.55. The van der Waals surface area contributed by atoms with Gasteiger partial charge in [0.05, 0.1) is 5.69 Å². The highest BCUT2D eigenvalue weighted by molar-refractivity contribution is 7.09. The zero-order valence-corrected chi connectivity index (χ0v) is 12.6. The first-order valence-corrected chi connectivity index (χ1v) is 7.43. The van der Waals surface area contributed by atoms with Gasteiger partial charge in [0.1, 0.15) is 10.7 Å². The molecule has 2 rings (SSSR count). The largest absolute Gasteiger partial charge is 0.433 e. The molecular formula is C14H16F3N3S. The number of thiazole rings is 1. The van der Waals surface area contributed by atoms with Crippen LogP contribution < -0.4 is 5.32 Å². The van der Waals surface area contributed by atoms with E-state index < -0.39 is 11.9 Å². The predicted octanol–water partition coefficient (Wildman–Crippen LogP) is 3.97. The van der Waals surface area contributed by atoms with Crippen molar-refractivity contribution in [2.75, 3.05) is 6.54 Å². The number of alkyl halides is 3. The SMILES string of the molecule is CC(C)CNCc1nc(-c2ccc(C(F)(F)F)nc2)cs1. The highest BCUT2D eigenvalue weighted by atomic mass is 32.1. The standard InChI is InChI=1S/C14H16F3N3S/c1-9(2)5-18-7-13-20-11(8-21-13)10-3-4-12(19-6-10)14(15,16)17/h3-4,6,8-9,18H,5,7H2,1-2H3. The molecule has 3 nitrogen and oxygen atoms in total. The Balaban J connectivity index is 2.04. The molecule has 0 unspecified atom stereocenters. The van der Waals surface area contributed by atoms with Gasteiger partial charge in [-0.3, -0.25) is 4.98 Å². The van der Waals surface area contributed by atoms with Crippen LogP contribution in [0.3, 0.4) is 0 Å². The lowest BCUT2D eigenvalue weighted by Crippen LogP contribution is -2.18. The van der Waals surface area contributed by atoms with Crippen LogP contribution in [-0.4, -0.2) is 16.5 Å². The predicted molar refractivity (Wildman–Crippen MR) is 76.9 cm³/mol. The van der Waals surface area contributed by atoms with Crippen LogP contribution in [0.25, 0.3) is 11.3 Å². The van der Waals surface area contributed by atoms with Crippen LogP contribution in [0.2, 0.25) is 0 Å². The third kappa shape index (κ3) is 4.50. The topological polar surface area (TPSA) is 37.8 Å². The Morgan fingerprint density at radius 1 is 1.29 bits per heavy atom. The first-order chi connectivity index (χ1) is 9.86. The van der Waals surface area contributed by atoms with Crippen LogP contribution in [0.15, 0.2) is 23.7 Å². The number of nitrogens with one attached hydrogen (secondary N) is 1. The second-order valence-corrected chi connectivity index (χ2v) is 6.02. The summed E-state index contributed by atoms with van der Waals surface area (Å²) in [5.41, 5.74) is 0.359. The summed E-state index contributed by atoms with van der Waals surface area (Å²) in [5.74, 6) is 0.559. The molecule has 2 aromatic heterocycles. The summed E-state index contributed by atoms with van der Waals surface area (Å²) < 4.78 is 37.3. The third-order valence-corrected chi connectivity index (χ3v) is 3.58. The number of rotatable bonds is 5. The minimum atomic E-state index is -4.41. The molecule has 0 radical (unpaired) electrons. The van der Waals surface area contributed by atoms with E-state index in [0.29, 0.717) is 23.7 Å². The molecule has 0 atom stereocenters. The molecule has 0 spiro atoms. The van der Waals surface area contributed by atoms with Gasteiger partial charge in [0.25, 0.3) is 0 Å². The maximum Gasteiger partial charge on any atom is 0.433 e. The molecule has 2 aromatic rings. The van der Waals surface area contributed by atoms with Crippen molar-refractivity contribution in [2.45, 2.75) is 26.6 Å². The molecule has 0 aliphatic heterocycles. The molecule has 21 heavy (non-hydrogen) atoms. The van der Waals surface area contributed by atoms with E-state index in [2.05, 4.69) is 29.1 Å². The summed E-state index contributed by atoms with van der Waals surface area (Å²) in [7, 11) is 0. The van der Waals surface area contributed by atoms with Gasteiger partial charge in [0.15, 0.2) is 0 Å². The van der Waals surface area contributed by atoms with E-state index in [9.17, 15) is 13.2 Å². The van der Waals surface area contributed by atoms with Crippen LogP contribution in [-0.2, 0) is 12.7 Å². The van der Waals surface area contributed by atoms with Crippen LogP contribution in [0.4, 0.5) is 13.2 Å². The number of hydrogen-bond donors (Lipinski definition) is 1. The van der Waals surface area contributed by atoms with Crippen molar-refractivity contribution in [3.63, 3.8) is 0 Å². The maximum absolute atomic E-state index is 12.4. The number of aromatic nitrogens is 2. The van der Waals surface area contributed by atoms with Crippen molar-refractivity contribution < 1.29 is 13.2 Å². The van der Waals surface area contributed by atoms with Gasteiger partial charge in [-0.1, -0.05) is 13.8 Å². The summed E-state index contributed by atoms with van der Waals surface area (Å²) in [5, 5.41) is 6.02. The van der Waals surface area contributed by atoms with Gasteiger partial charge in [-0.15, -0.1) is 11.3 Å². The molecule has 0 saturated carbocycles.